The van der Waals surface area contributed by atoms with Crippen molar-refractivity contribution in [2.24, 2.45) is 5.41 Å². The number of benzene rings is 3. The van der Waals surface area contributed by atoms with Gasteiger partial charge in [0.2, 0.25) is 9.84 Å². The average molecular weight is 585 g/mol. The maximum atomic E-state index is 13.8. The Bertz CT molecular complexity index is 1650. The van der Waals surface area contributed by atoms with Crippen LogP contribution in [0.4, 0.5) is 0 Å². The number of carbonyl (C=O) groups is 1. The molecule has 7 nitrogen and oxygen atoms in total. The summed E-state index contributed by atoms with van der Waals surface area (Å²) in [6, 6.07) is 26.6. The van der Waals surface area contributed by atoms with Gasteiger partial charge in [-0.05, 0) is 34.6 Å². The molecule has 0 aliphatic carbocycles. The van der Waals surface area contributed by atoms with E-state index in [0.29, 0.717) is 18.4 Å². The number of esters is 1. The summed E-state index contributed by atoms with van der Waals surface area (Å²) in [5.41, 5.74) is 1.54. The first-order valence-electron chi connectivity index (χ1n) is 14.0. The molecular formula is C34H36N2O5S. The first kappa shape index (κ1) is 29.3. The van der Waals surface area contributed by atoms with Crippen LogP contribution in [0.1, 0.15) is 61.1 Å². The first-order chi connectivity index (χ1) is 19.9. The van der Waals surface area contributed by atoms with Crippen LogP contribution in [0.5, 0.6) is 0 Å². The van der Waals surface area contributed by atoms with Gasteiger partial charge in [0, 0.05) is 25.0 Å². The van der Waals surface area contributed by atoms with Gasteiger partial charge in [-0.2, -0.15) is 0 Å². The number of aromatic nitrogens is 2. The molecule has 2 heterocycles. The SMILES string of the molecule is CC(c1cccc(C(C2=C(O)C(Cc3ccccc3)(Cc3ccccc3)OC2=O)C(C)(C)C)c1)S(=O)(=O)c1c[nH]cn1. The molecule has 3 aromatic carbocycles. The number of cyclic esters (lactones) is 1. The predicted octanol–water partition coefficient (Wildman–Crippen LogP) is 6.67. The molecule has 1 aliphatic heterocycles. The molecule has 0 spiro atoms. The Morgan fingerprint density at radius 2 is 1.48 bits per heavy atom. The fraction of sp³-hybridized carbons (Fsp3) is 0.294. The number of aliphatic hydroxyl groups excluding tert-OH is 1. The average Bonchev–Trinajstić information content (AvgIpc) is 3.58. The maximum absolute atomic E-state index is 13.8. The zero-order chi connectivity index (χ0) is 30.1. The Balaban J connectivity index is 1.62. The van der Waals surface area contributed by atoms with Gasteiger partial charge in [0.15, 0.2) is 10.6 Å². The lowest BCUT2D eigenvalue weighted by atomic mass is 9.70. The van der Waals surface area contributed by atoms with Crippen LogP contribution in [0, 0.1) is 5.41 Å². The Labute approximate surface area is 247 Å². The minimum Gasteiger partial charge on any atom is -0.507 e. The van der Waals surface area contributed by atoms with Crippen molar-refractivity contribution in [2.75, 3.05) is 0 Å². The summed E-state index contributed by atoms with van der Waals surface area (Å²) in [5, 5.41) is 11.1. The predicted molar refractivity (Wildman–Crippen MR) is 162 cm³/mol. The van der Waals surface area contributed by atoms with Crippen LogP contribution in [0.3, 0.4) is 0 Å². The fourth-order valence-corrected chi connectivity index (χ4v) is 7.18. The molecule has 1 aliphatic rings. The monoisotopic (exact) mass is 584 g/mol. The van der Waals surface area contributed by atoms with E-state index in [1.165, 1.54) is 12.5 Å². The van der Waals surface area contributed by atoms with Crippen molar-refractivity contribution in [3.63, 3.8) is 0 Å². The van der Waals surface area contributed by atoms with Crippen LogP contribution in [0.25, 0.3) is 0 Å². The molecule has 5 rings (SSSR count). The molecule has 8 heteroatoms. The van der Waals surface area contributed by atoms with Crippen molar-refractivity contribution >= 4 is 15.8 Å². The van der Waals surface area contributed by atoms with E-state index < -0.39 is 38.0 Å². The van der Waals surface area contributed by atoms with Crippen LogP contribution in [-0.2, 0) is 32.2 Å². The Morgan fingerprint density at radius 1 is 0.905 bits per heavy atom. The van der Waals surface area contributed by atoms with Crippen LogP contribution >= 0.6 is 0 Å². The second-order valence-electron chi connectivity index (χ2n) is 12.0. The van der Waals surface area contributed by atoms with Crippen LogP contribution in [0.2, 0.25) is 0 Å². The van der Waals surface area contributed by atoms with E-state index in [2.05, 4.69) is 9.97 Å². The van der Waals surface area contributed by atoms with E-state index >= 15 is 0 Å². The molecule has 0 amide bonds. The molecule has 0 bridgehead atoms. The summed E-state index contributed by atoms with van der Waals surface area (Å²) in [6.07, 6.45) is 3.31. The molecule has 2 unspecified atom stereocenters. The van der Waals surface area contributed by atoms with E-state index in [0.717, 1.165) is 16.7 Å². The summed E-state index contributed by atoms with van der Waals surface area (Å²) in [7, 11) is -3.75. The van der Waals surface area contributed by atoms with Crippen molar-refractivity contribution in [3.05, 3.63) is 131 Å². The summed E-state index contributed by atoms with van der Waals surface area (Å²) in [5.74, 6) is -1.22. The lowest BCUT2D eigenvalue weighted by Gasteiger charge is -2.32. The molecular weight excluding hydrogens is 548 g/mol. The van der Waals surface area contributed by atoms with Gasteiger partial charge in [0.25, 0.3) is 0 Å². The molecule has 0 fully saturated rings. The number of carbonyl (C=O) groups excluding carboxylic acids is 1. The number of H-pyrrole nitrogens is 1. The number of aliphatic hydroxyl groups is 1. The highest BCUT2D eigenvalue weighted by atomic mass is 32.2. The third-order valence-corrected chi connectivity index (χ3v) is 9.97. The summed E-state index contributed by atoms with van der Waals surface area (Å²) in [4.78, 5) is 20.5. The van der Waals surface area contributed by atoms with Crippen molar-refractivity contribution < 1.29 is 23.1 Å². The van der Waals surface area contributed by atoms with Gasteiger partial charge >= 0.3 is 5.97 Å². The number of imidazole rings is 1. The van der Waals surface area contributed by atoms with Crippen LogP contribution in [0.15, 0.2) is 114 Å². The first-order valence-corrected chi connectivity index (χ1v) is 15.5. The Kier molecular flexibility index (Phi) is 7.86. The number of ether oxygens (including phenoxy) is 1. The van der Waals surface area contributed by atoms with Crippen molar-refractivity contribution in [2.45, 2.75) is 62.3 Å². The number of aromatic amines is 1. The number of rotatable bonds is 9. The Morgan fingerprint density at radius 3 is 2.00 bits per heavy atom. The summed E-state index contributed by atoms with van der Waals surface area (Å²) < 4.78 is 32.7. The summed E-state index contributed by atoms with van der Waals surface area (Å²) in [6.45, 7) is 7.61. The van der Waals surface area contributed by atoms with Crippen molar-refractivity contribution in [1.82, 2.24) is 9.97 Å². The molecule has 2 atom stereocenters. The molecule has 42 heavy (non-hydrogen) atoms. The second-order valence-corrected chi connectivity index (χ2v) is 14.3. The van der Waals surface area contributed by atoms with Crippen LogP contribution in [-0.4, -0.2) is 35.1 Å². The van der Waals surface area contributed by atoms with E-state index in [1.54, 1.807) is 19.1 Å². The fourth-order valence-electron chi connectivity index (χ4n) is 5.88. The van der Waals surface area contributed by atoms with Gasteiger partial charge in [-0.3, -0.25) is 0 Å². The maximum Gasteiger partial charge on any atom is 0.339 e. The number of sulfone groups is 1. The molecule has 0 radical (unpaired) electrons. The molecule has 0 saturated carbocycles. The van der Waals surface area contributed by atoms with Gasteiger partial charge < -0.3 is 14.8 Å². The topological polar surface area (TPSA) is 109 Å². The highest BCUT2D eigenvalue weighted by Gasteiger charge is 2.52. The van der Waals surface area contributed by atoms with E-state index in [9.17, 15) is 18.3 Å². The molecule has 218 valence electrons. The number of nitrogens with one attached hydrogen (secondary N) is 1. The third kappa shape index (κ3) is 5.63. The van der Waals surface area contributed by atoms with Gasteiger partial charge in [-0.1, -0.05) is 106 Å². The smallest absolute Gasteiger partial charge is 0.339 e. The second kappa shape index (κ2) is 11.2. The zero-order valence-corrected chi connectivity index (χ0v) is 25.1. The van der Waals surface area contributed by atoms with Crippen LogP contribution < -0.4 is 0 Å². The standard InChI is InChI=1S/C34H36N2O5S/c1-23(42(39,40)28-21-35-22-36-28)26-16-11-17-27(18-26)30(33(2,3)4)29-31(37)34(41-32(29)38,19-24-12-7-5-8-13-24)20-25-14-9-6-10-15-25/h5-18,21-23,30,37H,19-20H2,1-4H3,(H,35,36). The zero-order valence-electron chi connectivity index (χ0n) is 24.2. The molecule has 1 aromatic heterocycles. The quantitative estimate of drug-likeness (QED) is 0.213. The molecule has 0 saturated heterocycles. The lowest BCUT2D eigenvalue weighted by Crippen LogP contribution is -2.37. The molecule has 4 aromatic rings. The Hall–Kier alpha value is -4.17. The van der Waals surface area contributed by atoms with E-state index in [4.69, 9.17) is 4.74 Å². The van der Waals surface area contributed by atoms with E-state index in [-0.39, 0.29) is 16.4 Å². The number of nitrogens with zero attached hydrogens (tertiary/aromatic N) is 1. The highest BCUT2D eigenvalue weighted by Crippen LogP contribution is 2.49. The molecule has 2 N–H and O–H groups in total. The third-order valence-electron chi connectivity index (χ3n) is 7.96. The van der Waals surface area contributed by atoms with Gasteiger partial charge in [0.05, 0.1) is 17.2 Å². The number of hydrogen-bond acceptors (Lipinski definition) is 6. The van der Waals surface area contributed by atoms with Gasteiger partial charge in [-0.15, -0.1) is 0 Å². The van der Waals surface area contributed by atoms with E-state index in [1.807, 2.05) is 93.6 Å². The number of hydrogen-bond donors (Lipinski definition) is 2. The van der Waals surface area contributed by atoms with Gasteiger partial charge in [-0.25, -0.2) is 18.2 Å². The van der Waals surface area contributed by atoms with Crippen molar-refractivity contribution in [3.8, 4) is 0 Å². The lowest BCUT2D eigenvalue weighted by molar-refractivity contribution is -0.148. The van der Waals surface area contributed by atoms with Crippen molar-refractivity contribution in [1.29, 1.82) is 0 Å². The minimum absolute atomic E-state index is 0.0286. The normalized spacial score (nSPS) is 16.7. The van der Waals surface area contributed by atoms with Gasteiger partial charge in [0.1, 0.15) is 5.76 Å². The largest absolute Gasteiger partial charge is 0.507 e. The highest BCUT2D eigenvalue weighted by molar-refractivity contribution is 7.91. The summed E-state index contributed by atoms with van der Waals surface area (Å²) >= 11 is 0. The minimum atomic E-state index is -3.75.